The van der Waals surface area contributed by atoms with Gasteiger partial charge in [-0.15, -0.1) is 0 Å². The molecule has 5 heteroatoms. The summed E-state index contributed by atoms with van der Waals surface area (Å²) in [5.74, 6) is 0.884. The molecule has 20 heavy (non-hydrogen) atoms. The summed E-state index contributed by atoms with van der Waals surface area (Å²) in [5.41, 5.74) is 7.75. The van der Waals surface area contributed by atoms with Crippen molar-refractivity contribution in [2.75, 3.05) is 7.11 Å². The predicted molar refractivity (Wildman–Crippen MR) is 72.1 cm³/mol. The average Bonchev–Trinajstić information content (AvgIpc) is 2.48. The van der Waals surface area contributed by atoms with Crippen LogP contribution in [0.2, 0.25) is 0 Å². The molecule has 0 saturated heterocycles. The number of halogens is 1. The van der Waals surface area contributed by atoms with Crippen LogP contribution in [0.5, 0.6) is 11.6 Å². The fourth-order valence-electron chi connectivity index (χ4n) is 2.38. The zero-order valence-electron chi connectivity index (χ0n) is 11.0. The number of hydrogen-bond acceptors (Lipinski definition) is 4. The lowest BCUT2D eigenvalue weighted by atomic mass is 9.94. The van der Waals surface area contributed by atoms with Crippen molar-refractivity contribution in [1.82, 2.24) is 4.98 Å². The second kappa shape index (κ2) is 5.09. The van der Waals surface area contributed by atoms with Gasteiger partial charge in [0.25, 0.3) is 0 Å². The van der Waals surface area contributed by atoms with Gasteiger partial charge in [-0.1, -0.05) is 0 Å². The Labute approximate surface area is 116 Å². The molecule has 1 unspecified atom stereocenters. The number of hydrogen-bond donors (Lipinski definition) is 1. The number of ether oxygens (including phenoxy) is 2. The molecule has 2 aromatic rings. The molecule has 3 rings (SSSR count). The Balaban J connectivity index is 1.88. The molecule has 0 spiro atoms. The summed E-state index contributed by atoms with van der Waals surface area (Å²) in [6.07, 6.45) is 2.12. The summed E-state index contributed by atoms with van der Waals surface area (Å²) >= 11 is 0. The van der Waals surface area contributed by atoms with Crippen LogP contribution < -0.4 is 15.2 Å². The Morgan fingerprint density at radius 1 is 1.35 bits per heavy atom. The van der Waals surface area contributed by atoms with Crippen molar-refractivity contribution < 1.29 is 13.9 Å². The van der Waals surface area contributed by atoms with E-state index in [2.05, 4.69) is 4.98 Å². The molecule has 1 aliphatic heterocycles. The van der Waals surface area contributed by atoms with Crippen molar-refractivity contribution in [1.29, 1.82) is 0 Å². The Morgan fingerprint density at radius 3 is 2.90 bits per heavy atom. The van der Waals surface area contributed by atoms with Gasteiger partial charge in [-0.25, -0.2) is 9.37 Å². The molecule has 104 valence electrons. The third-order valence-electron chi connectivity index (χ3n) is 3.45. The van der Waals surface area contributed by atoms with Crippen LogP contribution in [0.15, 0.2) is 36.5 Å². The molecule has 0 fully saturated rings. The number of methoxy groups -OCH3 is 1. The smallest absolute Gasteiger partial charge is 0.212 e. The molecule has 0 radical (unpaired) electrons. The number of pyridine rings is 1. The summed E-state index contributed by atoms with van der Waals surface area (Å²) in [4.78, 5) is 4.16. The van der Waals surface area contributed by atoms with Crippen molar-refractivity contribution in [3.05, 3.63) is 53.5 Å². The lowest BCUT2D eigenvalue weighted by Crippen LogP contribution is -2.24. The molecule has 0 aliphatic carbocycles. The summed E-state index contributed by atoms with van der Waals surface area (Å²) in [6, 6.07) is 7.86. The summed E-state index contributed by atoms with van der Waals surface area (Å²) in [5, 5.41) is 0. The lowest BCUT2D eigenvalue weighted by molar-refractivity contribution is 0.160. The first-order chi connectivity index (χ1) is 9.67. The van der Waals surface area contributed by atoms with Gasteiger partial charge in [-0.3, -0.25) is 0 Å². The quantitative estimate of drug-likeness (QED) is 0.914. The van der Waals surface area contributed by atoms with E-state index in [-0.39, 0.29) is 18.0 Å². The minimum Gasteiger partial charge on any atom is -0.485 e. The highest BCUT2D eigenvalue weighted by atomic mass is 19.1. The van der Waals surface area contributed by atoms with E-state index in [1.165, 1.54) is 12.1 Å². The standard InChI is InChI=1S/C15H15FN2O2/c1-19-15-5-2-9(8-18-15)14-7-12(17)11-6-10(16)3-4-13(11)20-14/h2-6,8,12,14H,7,17H2,1H3/t12-,14?/m1/s1. The summed E-state index contributed by atoms with van der Waals surface area (Å²) in [7, 11) is 1.57. The molecule has 1 aromatic heterocycles. The fraction of sp³-hybridized carbons (Fsp3) is 0.267. The van der Waals surface area contributed by atoms with Gasteiger partial charge in [0.2, 0.25) is 5.88 Å². The number of nitrogens with two attached hydrogens (primary N) is 1. The van der Waals surface area contributed by atoms with Crippen LogP contribution >= 0.6 is 0 Å². The average molecular weight is 274 g/mol. The van der Waals surface area contributed by atoms with Gasteiger partial charge in [0.15, 0.2) is 0 Å². The molecule has 0 saturated carbocycles. The second-order valence-corrected chi connectivity index (χ2v) is 4.76. The number of benzene rings is 1. The first-order valence-corrected chi connectivity index (χ1v) is 6.39. The van der Waals surface area contributed by atoms with Gasteiger partial charge < -0.3 is 15.2 Å². The first-order valence-electron chi connectivity index (χ1n) is 6.39. The molecule has 2 atom stereocenters. The normalized spacial score (nSPS) is 20.9. The van der Waals surface area contributed by atoms with Gasteiger partial charge in [0.05, 0.1) is 7.11 Å². The first kappa shape index (κ1) is 12.9. The van der Waals surface area contributed by atoms with E-state index < -0.39 is 0 Å². The fourth-order valence-corrected chi connectivity index (χ4v) is 2.38. The van der Waals surface area contributed by atoms with Crippen LogP contribution in [0.3, 0.4) is 0 Å². The van der Waals surface area contributed by atoms with Crippen molar-refractivity contribution in [2.24, 2.45) is 5.73 Å². The highest BCUT2D eigenvalue weighted by Crippen LogP contribution is 2.39. The monoisotopic (exact) mass is 274 g/mol. The van der Waals surface area contributed by atoms with Crippen molar-refractivity contribution in [2.45, 2.75) is 18.6 Å². The van der Waals surface area contributed by atoms with Gasteiger partial charge >= 0.3 is 0 Å². The molecule has 0 bridgehead atoms. The number of nitrogens with zero attached hydrogens (tertiary/aromatic N) is 1. The highest BCUT2D eigenvalue weighted by Gasteiger charge is 2.27. The Kier molecular flexibility index (Phi) is 3.28. The minimum atomic E-state index is -0.299. The van der Waals surface area contributed by atoms with E-state index in [1.54, 1.807) is 25.4 Å². The van der Waals surface area contributed by atoms with Crippen LogP contribution in [0.25, 0.3) is 0 Å². The molecule has 2 heterocycles. The Bertz CT molecular complexity index is 616. The van der Waals surface area contributed by atoms with E-state index in [9.17, 15) is 4.39 Å². The zero-order valence-corrected chi connectivity index (χ0v) is 11.0. The van der Waals surface area contributed by atoms with Crippen LogP contribution in [0.4, 0.5) is 4.39 Å². The highest BCUT2D eigenvalue weighted by molar-refractivity contribution is 5.39. The topological polar surface area (TPSA) is 57.4 Å². The number of rotatable bonds is 2. The third-order valence-corrected chi connectivity index (χ3v) is 3.45. The van der Waals surface area contributed by atoms with E-state index in [4.69, 9.17) is 15.2 Å². The minimum absolute atomic E-state index is 0.179. The SMILES string of the molecule is COc1ccc(C2C[C@@H](N)c3cc(F)ccc3O2)cn1. The van der Waals surface area contributed by atoms with E-state index in [1.807, 2.05) is 6.07 Å². The van der Waals surface area contributed by atoms with Crippen molar-refractivity contribution in [3.8, 4) is 11.6 Å². The molecule has 4 nitrogen and oxygen atoms in total. The Hall–Kier alpha value is -2.14. The number of fused-ring (bicyclic) bond motifs is 1. The largest absolute Gasteiger partial charge is 0.485 e. The van der Waals surface area contributed by atoms with Crippen LogP contribution in [0.1, 0.15) is 29.7 Å². The van der Waals surface area contributed by atoms with Gasteiger partial charge in [-0.2, -0.15) is 0 Å². The lowest BCUT2D eigenvalue weighted by Gasteiger charge is -2.30. The van der Waals surface area contributed by atoms with Gasteiger partial charge in [0.1, 0.15) is 17.7 Å². The maximum Gasteiger partial charge on any atom is 0.212 e. The van der Waals surface area contributed by atoms with E-state index in [0.717, 1.165) is 5.56 Å². The van der Waals surface area contributed by atoms with Crippen LogP contribution in [-0.4, -0.2) is 12.1 Å². The second-order valence-electron chi connectivity index (χ2n) is 4.76. The number of aromatic nitrogens is 1. The van der Waals surface area contributed by atoms with Crippen LogP contribution in [0, 0.1) is 5.82 Å². The molecule has 1 aromatic carbocycles. The van der Waals surface area contributed by atoms with Crippen molar-refractivity contribution in [3.63, 3.8) is 0 Å². The third kappa shape index (κ3) is 2.32. The summed E-state index contributed by atoms with van der Waals surface area (Å²) < 4.78 is 24.2. The maximum absolute atomic E-state index is 13.2. The molecule has 0 amide bonds. The zero-order chi connectivity index (χ0) is 14.1. The molecule has 1 aliphatic rings. The summed E-state index contributed by atoms with van der Waals surface area (Å²) in [6.45, 7) is 0. The van der Waals surface area contributed by atoms with Crippen LogP contribution in [-0.2, 0) is 0 Å². The molecular weight excluding hydrogens is 259 g/mol. The predicted octanol–water partition coefficient (Wildman–Crippen LogP) is 2.75. The maximum atomic E-state index is 13.2. The van der Waals surface area contributed by atoms with Gasteiger partial charge in [0, 0.05) is 35.9 Å². The Morgan fingerprint density at radius 2 is 2.20 bits per heavy atom. The van der Waals surface area contributed by atoms with Crippen molar-refractivity contribution >= 4 is 0 Å². The van der Waals surface area contributed by atoms with E-state index in [0.29, 0.717) is 23.6 Å². The van der Waals surface area contributed by atoms with Gasteiger partial charge in [-0.05, 0) is 24.3 Å². The molecule has 2 N–H and O–H groups in total. The molecular formula is C15H15FN2O2. The van der Waals surface area contributed by atoms with E-state index >= 15 is 0 Å².